The number of benzene rings is 3. The summed E-state index contributed by atoms with van der Waals surface area (Å²) in [7, 11) is 0. The lowest BCUT2D eigenvalue weighted by Crippen LogP contribution is -2.26. The number of aryl methyl sites for hydroxylation is 5. The van der Waals surface area contributed by atoms with Crippen LogP contribution in [0.15, 0.2) is 60.7 Å². The molecule has 1 saturated heterocycles. The zero-order chi connectivity index (χ0) is 25.2. The highest BCUT2D eigenvalue weighted by molar-refractivity contribution is 5.98. The predicted molar refractivity (Wildman–Crippen MR) is 146 cm³/mol. The monoisotopic (exact) mass is 481 g/mol. The molecule has 5 heteroatoms. The van der Waals surface area contributed by atoms with Gasteiger partial charge in [0.05, 0.1) is 17.6 Å². The molecule has 0 N–H and O–H groups in total. The highest BCUT2D eigenvalue weighted by Gasteiger charge is 2.35. The Kier molecular flexibility index (Phi) is 6.82. The Hall–Kier alpha value is -3.60. The first-order valence-electron chi connectivity index (χ1n) is 12.9. The number of anilines is 1. The standard InChI is InChI=1S/C31H35N3O2/c1-21-14-15-22(2)28(18-21)36-17-8-7-16-33-27-13-6-5-12-26(27)32-31(33)25-19-29(35)34(20-25)30-23(3)10-9-11-24(30)4/h5-6,9-15,18,25H,7-8,16-17,19-20H2,1-4H3. The maximum absolute atomic E-state index is 13.1. The summed E-state index contributed by atoms with van der Waals surface area (Å²) in [6, 6.07) is 20.9. The Balaban J connectivity index is 1.32. The summed E-state index contributed by atoms with van der Waals surface area (Å²) in [5, 5.41) is 0. The SMILES string of the molecule is Cc1ccc(C)c(OCCCCn2c(C3CC(=O)N(c4c(C)cccc4C)C3)nc3ccccc32)c1. The molecule has 1 fully saturated rings. The number of aromatic nitrogens is 2. The molecule has 1 aliphatic heterocycles. The van der Waals surface area contributed by atoms with Gasteiger partial charge in [-0.3, -0.25) is 4.79 Å². The van der Waals surface area contributed by atoms with E-state index in [0.29, 0.717) is 19.6 Å². The number of carbonyl (C=O) groups is 1. The van der Waals surface area contributed by atoms with Crippen LogP contribution in [-0.2, 0) is 11.3 Å². The van der Waals surface area contributed by atoms with E-state index in [1.54, 1.807) is 0 Å². The average Bonchev–Trinajstić information content (AvgIpc) is 3.41. The van der Waals surface area contributed by atoms with E-state index in [1.807, 2.05) is 11.0 Å². The van der Waals surface area contributed by atoms with Crippen LogP contribution in [0.3, 0.4) is 0 Å². The molecule has 2 heterocycles. The Morgan fingerprint density at radius 1 is 0.917 bits per heavy atom. The van der Waals surface area contributed by atoms with Crippen molar-refractivity contribution in [2.75, 3.05) is 18.1 Å². The molecule has 186 valence electrons. The van der Waals surface area contributed by atoms with Gasteiger partial charge in [-0.15, -0.1) is 0 Å². The number of amides is 1. The van der Waals surface area contributed by atoms with E-state index in [4.69, 9.17) is 9.72 Å². The number of para-hydroxylation sites is 3. The molecule has 5 nitrogen and oxygen atoms in total. The number of hydrogen-bond donors (Lipinski definition) is 0. The quantitative estimate of drug-likeness (QED) is 0.265. The molecule has 1 aliphatic rings. The fourth-order valence-electron chi connectivity index (χ4n) is 5.39. The first kappa shape index (κ1) is 24.1. The smallest absolute Gasteiger partial charge is 0.227 e. The maximum atomic E-state index is 13.1. The Morgan fingerprint density at radius 2 is 1.69 bits per heavy atom. The number of nitrogens with zero attached hydrogens (tertiary/aromatic N) is 3. The van der Waals surface area contributed by atoms with Crippen LogP contribution in [-0.4, -0.2) is 28.6 Å². The number of hydrogen-bond acceptors (Lipinski definition) is 3. The second-order valence-electron chi connectivity index (χ2n) is 10.1. The third-order valence-electron chi connectivity index (χ3n) is 7.26. The van der Waals surface area contributed by atoms with Crippen LogP contribution in [0.25, 0.3) is 11.0 Å². The second kappa shape index (κ2) is 10.2. The second-order valence-corrected chi connectivity index (χ2v) is 10.1. The lowest BCUT2D eigenvalue weighted by molar-refractivity contribution is -0.117. The van der Waals surface area contributed by atoms with E-state index >= 15 is 0 Å². The van der Waals surface area contributed by atoms with Crippen LogP contribution < -0.4 is 9.64 Å². The normalized spacial score (nSPS) is 15.7. The number of fused-ring (bicyclic) bond motifs is 1. The number of imidazole rings is 1. The molecule has 0 aliphatic carbocycles. The molecule has 1 unspecified atom stereocenters. The van der Waals surface area contributed by atoms with Crippen molar-refractivity contribution in [2.24, 2.45) is 0 Å². The lowest BCUT2D eigenvalue weighted by atomic mass is 10.1. The molecule has 1 aromatic heterocycles. The minimum atomic E-state index is 0.0788. The van der Waals surface area contributed by atoms with Crippen molar-refractivity contribution in [3.8, 4) is 5.75 Å². The molecular formula is C31H35N3O2. The van der Waals surface area contributed by atoms with Crippen molar-refractivity contribution in [1.29, 1.82) is 0 Å². The van der Waals surface area contributed by atoms with E-state index in [-0.39, 0.29) is 11.8 Å². The summed E-state index contributed by atoms with van der Waals surface area (Å²) in [5.74, 6) is 2.25. The number of ether oxygens (including phenoxy) is 1. The minimum absolute atomic E-state index is 0.0788. The van der Waals surface area contributed by atoms with Gasteiger partial charge in [-0.2, -0.15) is 0 Å². The molecular weight excluding hydrogens is 446 g/mol. The van der Waals surface area contributed by atoms with Crippen LogP contribution in [0.2, 0.25) is 0 Å². The highest BCUT2D eigenvalue weighted by Crippen LogP contribution is 2.36. The van der Waals surface area contributed by atoms with Crippen LogP contribution >= 0.6 is 0 Å². The molecule has 1 amide bonds. The summed E-state index contributed by atoms with van der Waals surface area (Å²) in [5.41, 5.74) is 7.85. The summed E-state index contributed by atoms with van der Waals surface area (Å²) >= 11 is 0. The van der Waals surface area contributed by atoms with E-state index < -0.39 is 0 Å². The first-order chi connectivity index (χ1) is 17.4. The number of unbranched alkanes of at least 4 members (excludes halogenated alkanes) is 1. The molecule has 0 spiro atoms. The highest BCUT2D eigenvalue weighted by atomic mass is 16.5. The Labute approximate surface area is 213 Å². The molecule has 0 saturated carbocycles. The first-order valence-corrected chi connectivity index (χ1v) is 12.9. The van der Waals surface area contributed by atoms with Gasteiger partial charge in [0.25, 0.3) is 0 Å². The van der Waals surface area contributed by atoms with E-state index in [2.05, 4.69) is 86.9 Å². The van der Waals surface area contributed by atoms with Crippen molar-refractivity contribution in [3.05, 3.63) is 88.7 Å². The molecule has 0 radical (unpaired) electrons. The van der Waals surface area contributed by atoms with E-state index in [0.717, 1.165) is 58.8 Å². The average molecular weight is 482 g/mol. The maximum Gasteiger partial charge on any atom is 0.227 e. The van der Waals surface area contributed by atoms with Crippen molar-refractivity contribution in [3.63, 3.8) is 0 Å². The molecule has 36 heavy (non-hydrogen) atoms. The summed E-state index contributed by atoms with van der Waals surface area (Å²) in [6.07, 6.45) is 2.43. The van der Waals surface area contributed by atoms with Crippen LogP contribution in [0.5, 0.6) is 5.75 Å². The third kappa shape index (κ3) is 4.75. The molecule has 1 atom stereocenters. The minimum Gasteiger partial charge on any atom is -0.493 e. The van der Waals surface area contributed by atoms with Gasteiger partial charge >= 0.3 is 0 Å². The van der Waals surface area contributed by atoms with Crippen LogP contribution in [0.1, 0.15) is 53.3 Å². The van der Waals surface area contributed by atoms with Gasteiger partial charge in [0.2, 0.25) is 5.91 Å². The zero-order valence-electron chi connectivity index (χ0n) is 21.8. The van der Waals surface area contributed by atoms with Gasteiger partial charge in [-0.25, -0.2) is 4.98 Å². The Bertz CT molecular complexity index is 1380. The predicted octanol–water partition coefficient (Wildman–Crippen LogP) is 6.65. The third-order valence-corrected chi connectivity index (χ3v) is 7.26. The van der Waals surface area contributed by atoms with Gasteiger partial charge in [0.1, 0.15) is 11.6 Å². The van der Waals surface area contributed by atoms with Crippen molar-refractivity contribution in [2.45, 2.75) is 59.4 Å². The largest absolute Gasteiger partial charge is 0.493 e. The van der Waals surface area contributed by atoms with Crippen LogP contribution in [0, 0.1) is 27.7 Å². The molecule has 4 aromatic rings. The van der Waals surface area contributed by atoms with Gasteiger partial charge < -0.3 is 14.2 Å². The van der Waals surface area contributed by atoms with Gasteiger partial charge in [-0.1, -0.05) is 42.5 Å². The molecule has 0 bridgehead atoms. The summed E-state index contributed by atoms with van der Waals surface area (Å²) < 4.78 is 8.41. The van der Waals surface area contributed by atoms with Crippen molar-refractivity contribution >= 4 is 22.6 Å². The Morgan fingerprint density at radius 3 is 2.50 bits per heavy atom. The van der Waals surface area contributed by atoms with Crippen molar-refractivity contribution in [1.82, 2.24) is 9.55 Å². The molecule has 3 aromatic carbocycles. The topological polar surface area (TPSA) is 47.4 Å². The summed E-state index contributed by atoms with van der Waals surface area (Å²) in [4.78, 5) is 20.1. The summed E-state index contributed by atoms with van der Waals surface area (Å²) in [6.45, 7) is 10.6. The molecule has 5 rings (SSSR count). The van der Waals surface area contributed by atoms with Crippen molar-refractivity contribution < 1.29 is 9.53 Å². The van der Waals surface area contributed by atoms with Crippen LogP contribution in [0.4, 0.5) is 5.69 Å². The number of rotatable bonds is 8. The zero-order valence-corrected chi connectivity index (χ0v) is 21.8. The van der Waals surface area contributed by atoms with E-state index in [9.17, 15) is 4.79 Å². The van der Waals surface area contributed by atoms with Gasteiger partial charge in [-0.05, 0) is 81.0 Å². The van der Waals surface area contributed by atoms with Gasteiger partial charge in [0.15, 0.2) is 0 Å². The van der Waals surface area contributed by atoms with Gasteiger partial charge in [0, 0.05) is 31.1 Å². The number of carbonyl (C=O) groups excluding carboxylic acids is 1. The van der Waals surface area contributed by atoms with E-state index in [1.165, 1.54) is 11.1 Å². The lowest BCUT2D eigenvalue weighted by Gasteiger charge is -2.21. The fraction of sp³-hybridized carbons (Fsp3) is 0.355. The fourth-order valence-corrected chi connectivity index (χ4v) is 5.39.